The number of likely N-dealkylation sites (N-methyl/N-ethyl adjacent to an activating group) is 1. The molecule has 1 atom stereocenters. The van der Waals surface area contributed by atoms with Gasteiger partial charge < -0.3 is 19.5 Å². The number of hydrogen-bond donors (Lipinski definition) is 1. The van der Waals surface area contributed by atoms with Gasteiger partial charge in [-0.1, -0.05) is 18.5 Å². The third-order valence-corrected chi connectivity index (χ3v) is 3.73. The van der Waals surface area contributed by atoms with Gasteiger partial charge in [0, 0.05) is 0 Å². The molecule has 0 spiro atoms. The Balaban J connectivity index is 2.40. The molecule has 4 nitrogen and oxygen atoms in total. The number of ether oxygens (including phenoxy) is 3. The van der Waals surface area contributed by atoms with Gasteiger partial charge in [-0.25, -0.2) is 0 Å². The van der Waals surface area contributed by atoms with Gasteiger partial charge in [0.15, 0.2) is 11.5 Å². The summed E-state index contributed by atoms with van der Waals surface area (Å²) in [6, 6.07) is 3.82. The Morgan fingerprint density at radius 1 is 1.33 bits per heavy atom. The summed E-state index contributed by atoms with van der Waals surface area (Å²) in [6.07, 6.45) is 4.24. The third-order valence-electron chi connectivity index (χ3n) is 3.44. The maximum atomic E-state index is 6.30. The molecule has 1 heterocycles. The second kappa shape index (κ2) is 7.57. The monoisotopic (exact) mass is 311 g/mol. The lowest BCUT2D eigenvalue weighted by Crippen LogP contribution is -2.25. The van der Waals surface area contributed by atoms with E-state index in [4.69, 9.17) is 25.8 Å². The summed E-state index contributed by atoms with van der Waals surface area (Å²) < 4.78 is 16.5. The third kappa shape index (κ3) is 3.63. The van der Waals surface area contributed by atoms with Crippen LogP contribution in [0.1, 0.15) is 31.4 Å². The molecule has 1 aromatic carbocycles. The second-order valence-electron chi connectivity index (χ2n) is 4.83. The summed E-state index contributed by atoms with van der Waals surface area (Å²) in [5.41, 5.74) is 1.01. The SMILES string of the molecule is CCNC(C1=CCCCO1)c1cc(Cl)c(OC)c(OC)c1. The van der Waals surface area contributed by atoms with Crippen LogP contribution in [0.2, 0.25) is 5.02 Å². The lowest BCUT2D eigenvalue weighted by atomic mass is 10.0. The van der Waals surface area contributed by atoms with Gasteiger partial charge in [0.2, 0.25) is 0 Å². The van der Waals surface area contributed by atoms with Crippen molar-refractivity contribution in [2.24, 2.45) is 0 Å². The lowest BCUT2D eigenvalue weighted by Gasteiger charge is -2.25. The molecule has 0 aromatic heterocycles. The molecule has 0 aliphatic carbocycles. The van der Waals surface area contributed by atoms with E-state index in [0.29, 0.717) is 16.5 Å². The Bertz CT molecular complexity index is 516. The molecule has 5 heteroatoms. The molecule has 1 N–H and O–H groups in total. The minimum absolute atomic E-state index is 0.0207. The summed E-state index contributed by atoms with van der Waals surface area (Å²) in [5.74, 6) is 2.13. The number of methoxy groups -OCH3 is 2. The van der Waals surface area contributed by atoms with Crippen molar-refractivity contribution < 1.29 is 14.2 Å². The maximum Gasteiger partial charge on any atom is 0.179 e. The summed E-state index contributed by atoms with van der Waals surface area (Å²) in [4.78, 5) is 0. The number of nitrogens with one attached hydrogen (secondary N) is 1. The quantitative estimate of drug-likeness (QED) is 0.869. The van der Waals surface area contributed by atoms with Gasteiger partial charge in [0.25, 0.3) is 0 Å². The summed E-state index contributed by atoms with van der Waals surface area (Å²) in [6.45, 7) is 3.66. The molecule has 1 aliphatic heterocycles. The predicted octanol–water partition coefficient (Wildman–Crippen LogP) is 3.70. The van der Waals surface area contributed by atoms with Gasteiger partial charge in [-0.15, -0.1) is 0 Å². The van der Waals surface area contributed by atoms with Crippen LogP contribution in [0.3, 0.4) is 0 Å². The maximum absolute atomic E-state index is 6.30. The fraction of sp³-hybridized carbons (Fsp3) is 0.500. The Labute approximate surface area is 131 Å². The number of rotatable bonds is 6. The van der Waals surface area contributed by atoms with Crippen LogP contribution in [0, 0.1) is 0 Å². The standard InChI is InChI=1S/C16H22ClNO3/c1-4-18-15(13-7-5-6-8-21-13)11-9-12(17)16(20-3)14(10-11)19-2/h7,9-10,15,18H,4-6,8H2,1-3H3. The Hall–Kier alpha value is -1.39. The van der Waals surface area contributed by atoms with Crippen LogP contribution in [0.15, 0.2) is 24.0 Å². The zero-order chi connectivity index (χ0) is 15.2. The predicted molar refractivity (Wildman–Crippen MR) is 84.2 cm³/mol. The van der Waals surface area contributed by atoms with Crippen LogP contribution in [0.25, 0.3) is 0 Å². The first-order valence-electron chi connectivity index (χ1n) is 7.18. The first-order valence-corrected chi connectivity index (χ1v) is 7.56. The zero-order valence-electron chi connectivity index (χ0n) is 12.7. The molecule has 0 saturated carbocycles. The Kier molecular flexibility index (Phi) is 5.76. The molecular formula is C16H22ClNO3. The highest BCUT2D eigenvalue weighted by Crippen LogP contribution is 2.39. The normalized spacial score (nSPS) is 15.9. The van der Waals surface area contributed by atoms with Crippen molar-refractivity contribution in [3.63, 3.8) is 0 Å². The van der Waals surface area contributed by atoms with E-state index < -0.39 is 0 Å². The first-order chi connectivity index (χ1) is 10.2. The van der Waals surface area contributed by atoms with E-state index in [1.54, 1.807) is 14.2 Å². The van der Waals surface area contributed by atoms with Gasteiger partial charge in [0.05, 0.1) is 31.9 Å². The van der Waals surface area contributed by atoms with E-state index in [-0.39, 0.29) is 6.04 Å². The molecule has 0 fully saturated rings. The van der Waals surface area contributed by atoms with Crippen molar-refractivity contribution in [3.05, 3.63) is 34.6 Å². The average Bonchev–Trinajstić information content (AvgIpc) is 2.52. The molecule has 1 unspecified atom stereocenters. The molecule has 0 radical (unpaired) electrons. The van der Waals surface area contributed by atoms with Gasteiger partial charge in [-0.05, 0) is 43.2 Å². The van der Waals surface area contributed by atoms with Gasteiger partial charge >= 0.3 is 0 Å². The number of hydrogen-bond acceptors (Lipinski definition) is 4. The van der Waals surface area contributed by atoms with E-state index in [1.165, 1.54) is 0 Å². The molecule has 116 valence electrons. The molecule has 1 aliphatic rings. The fourth-order valence-electron chi connectivity index (χ4n) is 2.47. The molecule has 1 aromatic rings. The Morgan fingerprint density at radius 2 is 2.14 bits per heavy atom. The highest BCUT2D eigenvalue weighted by molar-refractivity contribution is 6.32. The molecule has 0 saturated heterocycles. The molecule has 0 amide bonds. The fourth-order valence-corrected chi connectivity index (χ4v) is 2.77. The smallest absolute Gasteiger partial charge is 0.179 e. The van der Waals surface area contributed by atoms with E-state index >= 15 is 0 Å². The van der Waals surface area contributed by atoms with Crippen LogP contribution >= 0.6 is 11.6 Å². The highest BCUT2D eigenvalue weighted by atomic mass is 35.5. The van der Waals surface area contributed by atoms with Crippen LogP contribution < -0.4 is 14.8 Å². The lowest BCUT2D eigenvalue weighted by molar-refractivity contribution is 0.168. The van der Waals surface area contributed by atoms with E-state index in [9.17, 15) is 0 Å². The molecule has 21 heavy (non-hydrogen) atoms. The molecular weight excluding hydrogens is 290 g/mol. The van der Waals surface area contributed by atoms with Gasteiger partial charge in [-0.3, -0.25) is 0 Å². The minimum atomic E-state index is -0.0207. The van der Waals surface area contributed by atoms with E-state index in [0.717, 1.165) is 37.3 Å². The van der Waals surface area contributed by atoms with Crippen molar-refractivity contribution >= 4 is 11.6 Å². The summed E-state index contributed by atoms with van der Waals surface area (Å²) >= 11 is 6.30. The zero-order valence-corrected chi connectivity index (χ0v) is 13.5. The van der Waals surface area contributed by atoms with Crippen molar-refractivity contribution in [3.8, 4) is 11.5 Å². The molecule has 2 rings (SSSR count). The molecule has 0 bridgehead atoms. The topological polar surface area (TPSA) is 39.7 Å². The Morgan fingerprint density at radius 3 is 2.71 bits per heavy atom. The van der Waals surface area contributed by atoms with Crippen molar-refractivity contribution in [2.75, 3.05) is 27.4 Å². The van der Waals surface area contributed by atoms with Gasteiger partial charge in [0.1, 0.15) is 5.76 Å². The van der Waals surface area contributed by atoms with Crippen molar-refractivity contribution in [1.29, 1.82) is 0 Å². The van der Waals surface area contributed by atoms with Crippen LogP contribution in [0.4, 0.5) is 0 Å². The average molecular weight is 312 g/mol. The van der Waals surface area contributed by atoms with Crippen molar-refractivity contribution in [1.82, 2.24) is 5.32 Å². The summed E-state index contributed by atoms with van der Waals surface area (Å²) in [7, 11) is 3.19. The van der Waals surface area contributed by atoms with Crippen LogP contribution in [0.5, 0.6) is 11.5 Å². The summed E-state index contributed by atoms with van der Waals surface area (Å²) in [5, 5.41) is 3.97. The number of halogens is 1. The number of allylic oxidation sites excluding steroid dienone is 1. The van der Waals surface area contributed by atoms with Crippen molar-refractivity contribution in [2.45, 2.75) is 25.8 Å². The van der Waals surface area contributed by atoms with Crippen LogP contribution in [-0.2, 0) is 4.74 Å². The van der Waals surface area contributed by atoms with Gasteiger partial charge in [-0.2, -0.15) is 0 Å². The van der Waals surface area contributed by atoms with E-state index in [1.807, 2.05) is 12.1 Å². The second-order valence-corrected chi connectivity index (χ2v) is 5.23. The first kappa shape index (κ1) is 16.0. The van der Waals surface area contributed by atoms with E-state index in [2.05, 4.69) is 18.3 Å². The minimum Gasteiger partial charge on any atom is -0.496 e. The van der Waals surface area contributed by atoms with Crippen LogP contribution in [-0.4, -0.2) is 27.4 Å². The number of benzene rings is 1. The highest BCUT2D eigenvalue weighted by Gasteiger charge is 2.22. The largest absolute Gasteiger partial charge is 0.496 e.